The molecule has 0 radical (unpaired) electrons. The maximum Gasteiger partial charge on any atom is 0.340 e. The Hall–Kier alpha value is -3.13. The predicted molar refractivity (Wildman–Crippen MR) is 104 cm³/mol. The number of hydrogen-bond donors (Lipinski definition) is 0. The second-order valence-corrected chi connectivity index (χ2v) is 6.50. The lowest BCUT2D eigenvalue weighted by molar-refractivity contribution is -0.385. The summed E-state index contributed by atoms with van der Waals surface area (Å²) in [7, 11) is 0. The first kappa shape index (κ1) is 20.6. The fraction of sp³-hybridized carbons (Fsp3) is 0.381. The molecule has 1 unspecified atom stereocenters. The number of nitrogens with zero attached hydrogens (tertiary/aromatic N) is 1. The molecule has 0 bridgehead atoms. The third-order valence-electron chi connectivity index (χ3n) is 4.43. The zero-order valence-corrected chi connectivity index (χ0v) is 16.2. The highest BCUT2D eigenvalue weighted by Crippen LogP contribution is 2.26. The van der Waals surface area contributed by atoms with Gasteiger partial charge in [0.25, 0.3) is 5.69 Å². The van der Waals surface area contributed by atoms with Gasteiger partial charge in [-0.1, -0.05) is 0 Å². The summed E-state index contributed by atoms with van der Waals surface area (Å²) in [5, 5.41) is 11.3. The Morgan fingerprint density at radius 3 is 2.55 bits per heavy atom. The van der Waals surface area contributed by atoms with E-state index in [4.69, 9.17) is 18.9 Å². The molecule has 1 heterocycles. The molecule has 0 saturated carbocycles. The summed E-state index contributed by atoms with van der Waals surface area (Å²) in [6, 6.07) is 11.1. The largest absolute Gasteiger partial charge is 0.494 e. The summed E-state index contributed by atoms with van der Waals surface area (Å²) in [6.45, 7) is 2.85. The van der Waals surface area contributed by atoms with E-state index >= 15 is 0 Å². The summed E-state index contributed by atoms with van der Waals surface area (Å²) in [5.74, 6) is 0.469. The van der Waals surface area contributed by atoms with Crippen molar-refractivity contribution in [3.8, 4) is 11.5 Å². The first-order valence-corrected chi connectivity index (χ1v) is 9.52. The second-order valence-electron chi connectivity index (χ2n) is 6.50. The van der Waals surface area contributed by atoms with Gasteiger partial charge in [0, 0.05) is 6.42 Å². The van der Waals surface area contributed by atoms with Crippen molar-refractivity contribution in [1.29, 1.82) is 0 Å². The molecule has 2 aromatic rings. The van der Waals surface area contributed by atoms with E-state index in [-0.39, 0.29) is 12.3 Å². The number of ether oxygens (including phenoxy) is 4. The van der Waals surface area contributed by atoms with Crippen LogP contribution in [0.1, 0.15) is 42.1 Å². The molecular weight excluding hydrogens is 378 g/mol. The highest BCUT2D eigenvalue weighted by Gasteiger charge is 2.19. The topological polar surface area (TPSA) is 97.1 Å². The van der Waals surface area contributed by atoms with E-state index in [9.17, 15) is 14.9 Å². The zero-order valence-electron chi connectivity index (χ0n) is 16.2. The van der Waals surface area contributed by atoms with Crippen molar-refractivity contribution >= 4 is 11.7 Å². The quantitative estimate of drug-likeness (QED) is 0.370. The molecule has 0 aliphatic carbocycles. The molecule has 1 aliphatic heterocycles. The molecule has 1 saturated heterocycles. The van der Waals surface area contributed by atoms with Gasteiger partial charge in [-0.05, 0) is 56.2 Å². The summed E-state index contributed by atoms with van der Waals surface area (Å²) in [5.41, 5.74) is 0.749. The molecule has 8 heteroatoms. The van der Waals surface area contributed by atoms with Crippen LogP contribution in [0.15, 0.2) is 42.5 Å². The van der Waals surface area contributed by atoms with Crippen molar-refractivity contribution in [3.05, 3.63) is 63.7 Å². The van der Waals surface area contributed by atoms with Crippen LogP contribution in [0.2, 0.25) is 0 Å². The summed E-state index contributed by atoms with van der Waals surface area (Å²) in [4.78, 5) is 23.0. The number of rotatable bonds is 8. The molecule has 0 aromatic heterocycles. The van der Waals surface area contributed by atoms with Gasteiger partial charge in [0.1, 0.15) is 18.1 Å². The van der Waals surface area contributed by atoms with E-state index in [1.165, 1.54) is 6.07 Å². The highest BCUT2D eigenvalue weighted by molar-refractivity contribution is 5.89. The molecule has 2 aromatic carbocycles. The van der Waals surface area contributed by atoms with E-state index in [1.807, 2.05) is 6.92 Å². The lowest BCUT2D eigenvalue weighted by Gasteiger charge is -2.22. The van der Waals surface area contributed by atoms with Crippen molar-refractivity contribution in [2.75, 3.05) is 13.2 Å². The number of carbonyl (C=O) groups excluding carboxylic acids is 1. The van der Waals surface area contributed by atoms with Gasteiger partial charge in [0.05, 0.1) is 35.3 Å². The van der Waals surface area contributed by atoms with Crippen LogP contribution in [0.25, 0.3) is 0 Å². The maximum absolute atomic E-state index is 12.2. The van der Waals surface area contributed by atoms with Crippen LogP contribution in [0.5, 0.6) is 11.5 Å². The van der Waals surface area contributed by atoms with Gasteiger partial charge >= 0.3 is 5.97 Å². The average molecular weight is 401 g/mol. The Bertz CT molecular complexity index is 845. The number of nitro groups is 1. The average Bonchev–Trinajstić information content (AvgIpc) is 2.74. The van der Waals surface area contributed by atoms with Crippen molar-refractivity contribution in [1.82, 2.24) is 0 Å². The zero-order chi connectivity index (χ0) is 20.6. The molecule has 1 aliphatic rings. The standard InChI is InChI=1S/C21H23NO7/c1-2-26-18-11-8-16(19(13-18)22(24)25)14-28-17-9-6-15(7-10-17)21(23)29-20-5-3-4-12-27-20/h6-11,13,20H,2-5,12,14H2,1H3. The van der Waals surface area contributed by atoms with Gasteiger partial charge in [-0.25, -0.2) is 4.79 Å². The third kappa shape index (κ3) is 5.68. The fourth-order valence-corrected chi connectivity index (χ4v) is 2.93. The van der Waals surface area contributed by atoms with Gasteiger partial charge < -0.3 is 18.9 Å². The normalized spacial score (nSPS) is 16.1. The van der Waals surface area contributed by atoms with Crippen molar-refractivity contribution in [2.45, 2.75) is 39.1 Å². The van der Waals surface area contributed by atoms with E-state index in [1.54, 1.807) is 36.4 Å². The number of hydrogen-bond acceptors (Lipinski definition) is 7. The second kappa shape index (κ2) is 9.88. The van der Waals surface area contributed by atoms with E-state index in [0.717, 1.165) is 12.8 Å². The highest BCUT2D eigenvalue weighted by atomic mass is 16.7. The van der Waals surface area contributed by atoms with Crippen LogP contribution in [0.3, 0.4) is 0 Å². The van der Waals surface area contributed by atoms with Crippen molar-refractivity contribution < 1.29 is 28.7 Å². The minimum absolute atomic E-state index is 0.0163. The Balaban J connectivity index is 1.60. The predicted octanol–water partition coefficient (Wildman–Crippen LogP) is 4.26. The van der Waals surface area contributed by atoms with Gasteiger partial charge in [-0.15, -0.1) is 0 Å². The Morgan fingerprint density at radius 2 is 1.90 bits per heavy atom. The molecule has 0 amide bonds. The smallest absolute Gasteiger partial charge is 0.340 e. The number of esters is 1. The number of nitro benzene ring substituents is 1. The molecule has 1 atom stereocenters. The fourth-order valence-electron chi connectivity index (χ4n) is 2.93. The van der Waals surface area contributed by atoms with Crippen LogP contribution in [0, 0.1) is 10.1 Å². The van der Waals surface area contributed by atoms with Crippen LogP contribution < -0.4 is 9.47 Å². The number of carbonyl (C=O) groups is 1. The first-order chi connectivity index (χ1) is 14.1. The van der Waals surface area contributed by atoms with E-state index in [0.29, 0.717) is 42.3 Å². The van der Waals surface area contributed by atoms with E-state index < -0.39 is 17.2 Å². The van der Waals surface area contributed by atoms with Gasteiger partial charge in [0.2, 0.25) is 6.29 Å². The van der Waals surface area contributed by atoms with Crippen LogP contribution >= 0.6 is 0 Å². The summed E-state index contributed by atoms with van der Waals surface area (Å²) >= 11 is 0. The van der Waals surface area contributed by atoms with Crippen molar-refractivity contribution in [3.63, 3.8) is 0 Å². The minimum atomic E-state index is -0.493. The molecule has 3 rings (SSSR count). The Morgan fingerprint density at radius 1 is 1.14 bits per heavy atom. The SMILES string of the molecule is CCOc1ccc(COc2ccc(C(=O)OC3CCCCO3)cc2)c([N+](=O)[O-])c1. The molecule has 0 spiro atoms. The number of benzene rings is 2. The van der Waals surface area contributed by atoms with Crippen molar-refractivity contribution in [2.24, 2.45) is 0 Å². The lowest BCUT2D eigenvalue weighted by Crippen LogP contribution is -2.25. The Labute approximate surface area is 168 Å². The minimum Gasteiger partial charge on any atom is -0.494 e. The van der Waals surface area contributed by atoms with Crippen LogP contribution in [-0.4, -0.2) is 30.4 Å². The third-order valence-corrected chi connectivity index (χ3v) is 4.43. The first-order valence-electron chi connectivity index (χ1n) is 9.52. The molecule has 0 N–H and O–H groups in total. The molecule has 8 nitrogen and oxygen atoms in total. The molecule has 29 heavy (non-hydrogen) atoms. The Kier molecular flexibility index (Phi) is 7.02. The molecule has 1 fully saturated rings. The van der Waals surface area contributed by atoms with Gasteiger partial charge in [0.15, 0.2) is 0 Å². The lowest BCUT2D eigenvalue weighted by atomic mass is 10.2. The van der Waals surface area contributed by atoms with Crippen LogP contribution in [-0.2, 0) is 16.1 Å². The summed E-state index contributed by atoms with van der Waals surface area (Å²) < 4.78 is 21.7. The maximum atomic E-state index is 12.2. The van der Waals surface area contributed by atoms with Gasteiger partial charge in [-0.2, -0.15) is 0 Å². The molecule has 154 valence electrons. The van der Waals surface area contributed by atoms with Crippen LogP contribution in [0.4, 0.5) is 5.69 Å². The van der Waals surface area contributed by atoms with Gasteiger partial charge in [-0.3, -0.25) is 10.1 Å². The summed E-state index contributed by atoms with van der Waals surface area (Å²) in [6.07, 6.45) is 2.16. The molecular formula is C21H23NO7. The van der Waals surface area contributed by atoms with E-state index in [2.05, 4.69) is 0 Å². The monoisotopic (exact) mass is 401 g/mol.